The first-order chi connectivity index (χ1) is 14.2. The quantitative estimate of drug-likeness (QED) is 0.250. The monoisotopic (exact) mass is 434 g/mol. The maximum atomic E-state index is 12.9. The number of carbonyl (C=O) groups is 1. The molecule has 0 saturated carbocycles. The third kappa shape index (κ3) is 5.68. The van der Waals surface area contributed by atoms with Gasteiger partial charge in [-0.1, -0.05) is 32.0 Å². The van der Waals surface area contributed by atoms with Gasteiger partial charge in [-0.25, -0.2) is 8.42 Å². The van der Waals surface area contributed by atoms with Gasteiger partial charge in [0.25, 0.3) is 0 Å². The topological polar surface area (TPSA) is 157 Å². The number of sulfonamides is 1. The zero-order valence-corrected chi connectivity index (χ0v) is 18.2. The Balaban J connectivity index is 2.18. The fourth-order valence-corrected chi connectivity index (χ4v) is 4.82. The second kappa shape index (κ2) is 10.4. The highest BCUT2D eigenvalue weighted by Crippen LogP contribution is 2.28. The molecule has 2 aromatic carbocycles. The normalized spacial score (nSPS) is 12.7. The summed E-state index contributed by atoms with van der Waals surface area (Å²) in [6, 6.07) is 9.51. The van der Waals surface area contributed by atoms with Crippen LogP contribution in [0.5, 0.6) is 0 Å². The number of rotatable bonds is 10. The van der Waals surface area contributed by atoms with E-state index in [2.05, 4.69) is 10.3 Å². The molecule has 0 aromatic heterocycles. The number of hydrogen-bond acceptors (Lipinski definition) is 5. The molecule has 7 N–H and O–H groups in total. The number of amides is 1. The zero-order chi connectivity index (χ0) is 22.3. The van der Waals surface area contributed by atoms with Crippen molar-refractivity contribution >= 4 is 38.3 Å². The summed E-state index contributed by atoms with van der Waals surface area (Å²) in [4.78, 5) is 16.5. The second-order valence-corrected chi connectivity index (χ2v) is 8.73. The van der Waals surface area contributed by atoms with E-state index in [9.17, 15) is 13.2 Å². The third-order valence-electron chi connectivity index (χ3n) is 4.74. The van der Waals surface area contributed by atoms with Crippen LogP contribution in [0.25, 0.3) is 10.8 Å². The predicted molar refractivity (Wildman–Crippen MR) is 121 cm³/mol. The summed E-state index contributed by atoms with van der Waals surface area (Å²) >= 11 is 0. The van der Waals surface area contributed by atoms with Gasteiger partial charge in [-0.3, -0.25) is 9.79 Å². The summed E-state index contributed by atoms with van der Waals surface area (Å²) in [5.74, 6) is -0.322. The van der Waals surface area contributed by atoms with Crippen molar-refractivity contribution < 1.29 is 13.2 Å². The third-order valence-corrected chi connectivity index (χ3v) is 6.84. The lowest BCUT2D eigenvalue weighted by Gasteiger charge is -2.20. The Morgan fingerprint density at radius 3 is 2.50 bits per heavy atom. The van der Waals surface area contributed by atoms with E-state index in [0.717, 1.165) is 0 Å². The highest BCUT2D eigenvalue weighted by Gasteiger charge is 2.23. The molecule has 0 spiro atoms. The molecule has 2 rings (SSSR count). The van der Waals surface area contributed by atoms with Gasteiger partial charge in [0.15, 0.2) is 5.96 Å². The van der Waals surface area contributed by atoms with Crippen LogP contribution in [-0.2, 0) is 14.8 Å². The first-order valence-electron chi connectivity index (χ1n) is 9.85. The first kappa shape index (κ1) is 23.6. The van der Waals surface area contributed by atoms with Crippen LogP contribution in [0.3, 0.4) is 0 Å². The molecule has 1 atom stereocenters. The highest BCUT2D eigenvalue weighted by atomic mass is 32.2. The molecule has 0 aliphatic carbocycles. The minimum Gasteiger partial charge on any atom is -0.370 e. The van der Waals surface area contributed by atoms with E-state index in [1.165, 1.54) is 4.31 Å². The molecule has 0 aliphatic heterocycles. The Labute approximate surface area is 177 Å². The zero-order valence-electron chi connectivity index (χ0n) is 17.3. The van der Waals surface area contributed by atoms with Gasteiger partial charge in [-0.15, -0.1) is 0 Å². The maximum Gasteiger partial charge on any atom is 0.243 e. The van der Waals surface area contributed by atoms with Crippen molar-refractivity contribution in [2.24, 2.45) is 22.2 Å². The lowest BCUT2D eigenvalue weighted by Crippen LogP contribution is -2.35. The number of nitrogens with zero attached hydrogens (tertiary/aromatic N) is 2. The van der Waals surface area contributed by atoms with E-state index in [4.69, 9.17) is 17.2 Å². The van der Waals surface area contributed by atoms with Crippen molar-refractivity contribution in [1.82, 2.24) is 4.31 Å². The number of nitrogens with one attached hydrogen (secondary N) is 1. The Morgan fingerprint density at radius 2 is 1.87 bits per heavy atom. The molecule has 1 unspecified atom stereocenters. The van der Waals surface area contributed by atoms with Crippen LogP contribution >= 0.6 is 0 Å². The van der Waals surface area contributed by atoms with Gasteiger partial charge in [-0.2, -0.15) is 4.31 Å². The average molecular weight is 435 g/mol. The van der Waals surface area contributed by atoms with Gasteiger partial charge in [0.05, 0.1) is 10.9 Å². The number of benzene rings is 2. The van der Waals surface area contributed by atoms with Gasteiger partial charge >= 0.3 is 0 Å². The molecule has 30 heavy (non-hydrogen) atoms. The molecule has 10 heteroatoms. The largest absolute Gasteiger partial charge is 0.370 e. The van der Waals surface area contributed by atoms with Crippen molar-refractivity contribution in [3.8, 4) is 0 Å². The number of anilines is 1. The van der Waals surface area contributed by atoms with Gasteiger partial charge in [0.2, 0.25) is 15.9 Å². The van der Waals surface area contributed by atoms with E-state index >= 15 is 0 Å². The molecule has 0 saturated heterocycles. The summed E-state index contributed by atoms with van der Waals surface area (Å²) in [5.41, 5.74) is 17.0. The van der Waals surface area contributed by atoms with Crippen LogP contribution in [0.15, 0.2) is 46.3 Å². The van der Waals surface area contributed by atoms with E-state index in [-0.39, 0.29) is 16.8 Å². The Kier molecular flexibility index (Phi) is 8.16. The van der Waals surface area contributed by atoms with Crippen LogP contribution in [0.4, 0.5) is 5.69 Å². The summed E-state index contributed by atoms with van der Waals surface area (Å²) in [6.45, 7) is 4.80. The number of carbonyl (C=O) groups excluding carboxylic acids is 1. The van der Waals surface area contributed by atoms with Crippen molar-refractivity contribution in [1.29, 1.82) is 0 Å². The molecule has 0 fully saturated rings. The summed E-state index contributed by atoms with van der Waals surface area (Å²) in [7, 11) is -3.60. The Bertz CT molecular complexity index is 1010. The number of hydrogen-bond donors (Lipinski definition) is 4. The average Bonchev–Trinajstić information content (AvgIpc) is 2.70. The minimum atomic E-state index is -3.60. The van der Waals surface area contributed by atoms with Gasteiger partial charge in [0.1, 0.15) is 0 Å². The van der Waals surface area contributed by atoms with Crippen LogP contribution in [0.2, 0.25) is 0 Å². The highest BCUT2D eigenvalue weighted by molar-refractivity contribution is 7.89. The van der Waals surface area contributed by atoms with E-state index in [1.807, 2.05) is 0 Å². The number of guanidine groups is 1. The van der Waals surface area contributed by atoms with Gasteiger partial charge in [0, 0.05) is 30.7 Å². The molecule has 0 radical (unpaired) electrons. The van der Waals surface area contributed by atoms with Crippen molar-refractivity contribution in [2.75, 3.05) is 25.0 Å². The van der Waals surface area contributed by atoms with E-state index < -0.39 is 16.1 Å². The Hall–Kier alpha value is -2.69. The van der Waals surface area contributed by atoms with Gasteiger partial charge < -0.3 is 22.5 Å². The number of aliphatic imine (C=N–C) groups is 1. The Morgan fingerprint density at radius 1 is 1.17 bits per heavy atom. The molecule has 1 amide bonds. The van der Waals surface area contributed by atoms with Crippen LogP contribution in [0.1, 0.15) is 26.7 Å². The van der Waals surface area contributed by atoms with Crippen molar-refractivity contribution in [2.45, 2.75) is 37.6 Å². The summed E-state index contributed by atoms with van der Waals surface area (Å²) < 4.78 is 27.3. The van der Waals surface area contributed by atoms with Crippen LogP contribution in [0, 0.1) is 0 Å². The van der Waals surface area contributed by atoms with E-state index in [1.54, 1.807) is 50.2 Å². The molecular formula is C20H30N6O3S. The molecule has 0 heterocycles. The summed E-state index contributed by atoms with van der Waals surface area (Å²) in [6.07, 6.45) is 1.01. The van der Waals surface area contributed by atoms with Crippen molar-refractivity contribution in [3.63, 3.8) is 0 Å². The smallest absolute Gasteiger partial charge is 0.243 e. The number of nitrogens with two attached hydrogens (primary N) is 3. The second-order valence-electron chi connectivity index (χ2n) is 6.83. The van der Waals surface area contributed by atoms with E-state index in [0.29, 0.717) is 48.9 Å². The SMILES string of the molecule is CCN(CC)S(=O)(=O)c1cccc2cc(NC(=O)C(N)CCCN=C(N)N)ccc12. The first-order valence-corrected chi connectivity index (χ1v) is 11.3. The van der Waals surface area contributed by atoms with Crippen LogP contribution < -0.4 is 22.5 Å². The molecule has 9 nitrogen and oxygen atoms in total. The van der Waals surface area contributed by atoms with Crippen molar-refractivity contribution in [3.05, 3.63) is 36.4 Å². The fourth-order valence-electron chi connectivity index (χ4n) is 3.14. The number of fused-ring (bicyclic) bond motifs is 1. The lowest BCUT2D eigenvalue weighted by molar-refractivity contribution is -0.117. The predicted octanol–water partition coefficient (Wildman–Crippen LogP) is 1.19. The summed E-state index contributed by atoms with van der Waals surface area (Å²) in [5, 5.41) is 4.09. The standard InChI is InChI=1S/C20H30N6O3S/c1-3-26(4-2)30(28,29)18-9-5-7-14-13-15(10-11-16(14)18)25-19(27)17(21)8-6-12-24-20(22)23/h5,7,9-11,13,17H,3-4,6,8,12,21H2,1-2H3,(H,25,27)(H4,22,23,24). The molecule has 164 valence electrons. The lowest BCUT2D eigenvalue weighted by atomic mass is 10.1. The molecule has 0 aliphatic rings. The fraction of sp³-hybridized carbons (Fsp3) is 0.400. The minimum absolute atomic E-state index is 0.00608. The van der Waals surface area contributed by atoms with Gasteiger partial charge in [-0.05, 0) is 36.4 Å². The molecule has 0 bridgehead atoms. The molecule has 2 aromatic rings. The maximum absolute atomic E-state index is 12.9. The molecular weight excluding hydrogens is 404 g/mol. The van der Waals surface area contributed by atoms with Crippen LogP contribution in [-0.4, -0.2) is 50.3 Å².